The monoisotopic (exact) mass is 281 g/mol. The highest BCUT2D eigenvalue weighted by atomic mass is 16.2. The Kier molecular flexibility index (Phi) is 3.42. The van der Waals surface area contributed by atoms with Gasteiger partial charge in [0, 0.05) is 23.6 Å². The Morgan fingerprint density at radius 1 is 1.48 bits per heavy atom. The fourth-order valence-corrected chi connectivity index (χ4v) is 3.28. The molecule has 1 fully saturated rings. The van der Waals surface area contributed by atoms with Gasteiger partial charge in [-0.2, -0.15) is 5.26 Å². The number of nitrogens with one attached hydrogen (secondary N) is 2. The molecule has 1 amide bonds. The number of aromatic amines is 1. The van der Waals surface area contributed by atoms with E-state index < -0.39 is 5.41 Å². The van der Waals surface area contributed by atoms with Crippen molar-refractivity contribution < 1.29 is 4.79 Å². The van der Waals surface area contributed by atoms with Crippen LogP contribution in [0.3, 0.4) is 0 Å². The molecule has 1 aliphatic rings. The van der Waals surface area contributed by atoms with Crippen LogP contribution in [-0.2, 0) is 11.2 Å². The summed E-state index contributed by atoms with van der Waals surface area (Å²) in [6.07, 6.45) is 4.12. The molecule has 2 N–H and O–H groups in total. The maximum absolute atomic E-state index is 12.2. The van der Waals surface area contributed by atoms with Gasteiger partial charge in [0.15, 0.2) is 0 Å². The van der Waals surface area contributed by atoms with Crippen LogP contribution in [0, 0.1) is 22.7 Å². The van der Waals surface area contributed by atoms with E-state index in [9.17, 15) is 10.1 Å². The van der Waals surface area contributed by atoms with E-state index in [2.05, 4.69) is 29.4 Å². The zero-order chi connectivity index (χ0) is 14.9. The average Bonchev–Trinajstić information content (AvgIpc) is 2.87. The molecule has 1 aromatic carbocycles. The first-order chi connectivity index (χ1) is 10.1. The number of carbonyl (C=O) groups excluding carboxylic acids is 1. The summed E-state index contributed by atoms with van der Waals surface area (Å²) >= 11 is 0. The third-order valence-electron chi connectivity index (χ3n) is 4.40. The second-order valence-electron chi connectivity index (χ2n) is 6.07. The summed E-state index contributed by atoms with van der Waals surface area (Å²) in [5.74, 6) is 0.368. The standard InChI is InChI=1S/C17H19N3O/c1-12-8-17(9-12,11-18)16(21)19-7-6-13-10-20-15-5-3-2-4-14(13)15/h2-5,10,12,20H,6-9H2,1H3,(H,19,21). The number of amides is 1. The minimum absolute atomic E-state index is 0.108. The van der Waals surface area contributed by atoms with E-state index in [-0.39, 0.29) is 5.91 Å². The second-order valence-corrected chi connectivity index (χ2v) is 6.07. The number of nitrogens with zero attached hydrogens (tertiary/aromatic N) is 1. The molecule has 0 aliphatic heterocycles. The van der Waals surface area contributed by atoms with Crippen LogP contribution in [0.15, 0.2) is 30.5 Å². The number of H-pyrrole nitrogens is 1. The largest absolute Gasteiger partial charge is 0.361 e. The molecule has 0 radical (unpaired) electrons. The zero-order valence-corrected chi connectivity index (χ0v) is 12.1. The SMILES string of the molecule is CC1CC(C#N)(C(=O)NCCc2c[nH]c3ccccc23)C1. The van der Waals surface area contributed by atoms with Crippen molar-refractivity contribution in [1.82, 2.24) is 10.3 Å². The Morgan fingerprint density at radius 3 is 2.95 bits per heavy atom. The van der Waals surface area contributed by atoms with Crippen LogP contribution in [0.5, 0.6) is 0 Å². The highest BCUT2D eigenvalue weighted by Crippen LogP contribution is 2.44. The topological polar surface area (TPSA) is 68.7 Å². The van der Waals surface area contributed by atoms with E-state index in [0.29, 0.717) is 25.3 Å². The van der Waals surface area contributed by atoms with Gasteiger partial charge in [-0.05, 0) is 36.8 Å². The maximum Gasteiger partial charge on any atom is 0.240 e. The normalized spacial score (nSPS) is 24.3. The zero-order valence-electron chi connectivity index (χ0n) is 12.1. The summed E-state index contributed by atoms with van der Waals surface area (Å²) < 4.78 is 0. The van der Waals surface area contributed by atoms with Gasteiger partial charge < -0.3 is 10.3 Å². The van der Waals surface area contributed by atoms with Crippen molar-refractivity contribution in [2.24, 2.45) is 11.3 Å². The Bertz CT molecular complexity index is 704. The van der Waals surface area contributed by atoms with Crippen LogP contribution < -0.4 is 5.32 Å². The number of fused-ring (bicyclic) bond motifs is 1. The van der Waals surface area contributed by atoms with Gasteiger partial charge in [-0.15, -0.1) is 0 Å². The van der Waals surface area contributed by atoms with Crippen LogP contribution in [0.25, 0.3) is 10.9 Å². The van der Waals surface area contributed by atoms with E-state index >= 15 is 0 Å². The van der Waals surface area contributed by atoms with Crippen molar-refractivity contribution in [2.45, 2.75) is 26.2 Å². The molecule has 4 heteroatoms. The van der Waals surface area contributed by atoms with Crippen LogP contribution >= 0.6 is 0 Å². The minimum Gasteiger partial charge on any atom is -0.361 e. The highest BCUT2D eigenvalue weighted by Gasteiger charge is 2.48. The van der Waals surface area contributed by atoms with Crippen molar-refractivity contribution in [3.05, 3.63) is 36.0 Å². The number of hydrogen-bond donors (Lipinski definition) is 2. The molecule has 0 bridgehead atoms. The molecule has 1 heterocycles. The Hall–Kier alpha value is -2.28. The number of para-hydroxylation sites is 1. The first-order valence-electron chi connectivity index (χ1n) is 7.39. The Balaban J connectivity index is 1.59. The molecule has 0 atom stereocenters. The number of rotatable bonds is 4. The van der Waals surface area contributed by atoms with Crippen molar-refractivity contribution in [3.8, 4) is 6.07 Å². The van der Waals surface area contributed by atoms with Crippen LogP contribution in [-0.4, -0.2) is 17.4 Å². The van der Waals surface area contributed by atoms with Gasteiger partial charge in [0.25, 0.3) is 0 Å². The maximum atomic E-state index is 12.2. The van der Waals surface area contributed by atoms with Gasteiger partial charge >= 0.3 is 0 Å². The average molecular weight is 281 g/mol. The fourth-order valence-electron chi connectivity index (χ4n) is 3.28. The van der Waals surface area contributed by atoms with Crippen molar-refractivity contribution in [1.29, 1.82) is 5.26 Å². The summed E-state index contributed by atoms with van der Waals surface area (Å²) in [4.78, 5) is 15.4. The quantitative estimate of drug-likeness (QED) is 0.904. The van der Waals surface area contributed by atoms with Crippen molar-refractivity contribution in [2.75, 3.05) is 6.54 Å². The molecular formula is C17H19N3O. The molecule has 1 saturated carbocycles. The number of carbonyl (C=O) groups is 1. The van der Waals surface area contributed by atoms with E-state index in [1.807, 2.05) is 24.4 Å². The smallest absolute Gasteiger partial charge is 0.240 e. The number of hydrogen-bond acceptors (Lipinski definition) is 2. The second kappa shape index (κ2) is 5.25. The number of benzene rings is 1. The molecule has 21 heavy (non-hydrogen) atoms. The van der Waals surface area contributed by atoms with Gasteiger partial charge in [0.2, 0.25) is 5.91 Å². The molecule has 108 valence electrons. The van der Waals surface area contributed by atoms with E-state index in [1.54, 1.807) is 0 Å². The lowest BCUT2D eigenvalue weighted by molar-refractivity contribution is -0.133. The molecule has 2 aromatic rings. The molecule has 4 nitrogen and oxygen atoms in total. The summed E-state index contributed by atoms with van der Waals surface area (Å²) in [7, 11) is 0. The lowest BCUT2D eigenvalue weighted by Crippen LogP contribution is -2.48. The molecular weight excluding hydrogens is 262 g/mol. The molecule has 3 rings (SSSR count). The first kappa shape index (κ1) is 13.7. The van der Waals surface area contributed by atoms with Crippen LogP contribution in [0.2, 0.25) is 0 Å². The van der Waals surface area contributed by atoms with Crippen LogP contribution in [0.1, 0.15) is 25.3 Å². The first-order valence-corrected chi connectivity index (χ1v) is 7.39. The van der Waals surface area contributed by atoms with Gasteiger partial charge in [-0.3, -0.25) is 4.79 Å². The lowest BCUT2D eigenvalue weighted by atomic mass is 9.63. The van der Waals surface area contributed by atoms with Crippen molar-refractivity contribution >= 4 is 16.8 Å². The molecule has 1 aromatic heterocycles. The fraction of sp³-hybridized carbons (Fsp3) is 0.412. The molecule has 1 aliphatic carbocycles. The van der Waals surface area contributed by atoms with E-state index in [0.717, 1.165) is 11.9 Å². The predicted octanol–water partition coefficient (Wildman–Crippen LogP) is 2.77. The molecule has 0 spiro atoms. The number of aromatic nitrogens is 1. The number of nitriles is 1. The minimum atomic E-state index is -0.778. The van der Waals surface area contributed by atoms with Gasteiger partial charge in [0.05, 0.1) is 6.07 Å². The summed E-state index contributed by atoms with van der Waals surface area (Å²) in [6, 6.07) is 10.3. The predicted molar refractivity (Wildman–Crippen MR) is 81.5 cm³/mol. The Labute approximate surface area is 124 Å². The summed E-state index contributed by atoms with van der Waals surface area (Å²) in [6.45, 7) is 2.65. The lowest BCUT2D eigenvalue weighted by Gasteiger charge is -2.39. The third kappa shape index (κ3) is 2.40. The van der Waals surface area contributed by atoms with Crippen molar-refractivity contribution in [3.63, 3.8) is 0 Å². The van der Waals surface area contributed by atoms with E-state index in [1.165, 1.54) is 10.9 Å². The Morgan fingerprint density at radius 2 is 2.24 bits per heavy atom. The van der Waals surface area contributed by atoms with Crippen LogP contribution in [0.4, 0.5) is 0 Å². The van der Waals surface area contributed by atoms with E-state index in [4.69, 9.17) is 0 Å². The molecule has 0 unspecified atom stereocenters. The van der Waals surface area contributed by atoms with Gasteiger partial charge in [-0.1, -0.05) is 25.1 Å². The highest BCUT2D eigenvalue weighted by molar-refractivity contribution is 5.86. The summed E-state index contributed by atoms with van der Waals surface area (Å²) in [5.41, 5.74) is 1.53. The molecule has 0 saturated heterocycles. The third-order valence-corrected chi connectivity index (χ3v) is 4.40. The van der Waals surface area contributed by atoms with Gasteiger partial charge in [-0.25, -0.2) is 0 Å². The summed E-state index contributed by atoms with van der Waals surface area (Å²) in [5, 5.41) is 13.4. The van der Waals surface area contributed by atoms with Gasteiger partial charge in [0.1, 0.15) is 5.41 Å².